The number of nitrogens with zero attached hydrogens (tertiary/aromatic N) is 1. The number of ether oxygens (including phenoxy) is 1. The number of carbonyl (C=O) groups is 2. The van der Waals surface area contributed by atoms with Crippen molar-refractivity contribution in [2.75, 3.05) is 5.32 Å². The van der Waals surface area contributed by atoms with E-state index in [0.29, 0.717) is 5.69 Å². The first-order valence-corrected chi connectivity index (χ1v) is 7.52. The lowest BCUT2D eigenvalue weighted by molar-refractivity contribution is -0.123. The van der Waals surface area contributed by atoms with Gasteiger partial charge in [0.1, 0.15) is 5.15 Å². The van der Waals surface area contributed by atoms with Crippen LogP contribution in [0.1, 0.15) is 17.3 Å². The molecule has 22 heavy (non-hydrogen) atoms. The van der Waals surface area contributed by atoms with Crippen molar-refractivity contribution in [2.45, 2.75) is 13.0 Å². The summed E-state index contributed by atoms with van der Waals surface area (Å²) in [6, 6.07) is 10.1. The van der Waals surface area contributed by atoms with Gasteiger partial charge in [0.25, 0.3) is 5.91 Å². The number of aromatic nitrogens is 1. The topological polar surface area (TPSA) is 68.3 Å². The quantitative estimate of drug-likeness (QED) is 0.646. The summed E-state index contributed by atoms with van der Waals surface area (Å²) in [6.07, 6.45) is 0.496. The molecule has 1 aromatic heterocycles. The molecule has 2 aromatic rings. The van der Waals surface area contributed by atoms with Gasteiger partial charge in [-0.3, -0.25) is 4.79 Å². The third kappa shape index (κ3) is 4.29. The van der Waals surface area contributed by atoms with E-state index in [1.807, 2.05) is 0 Å². The van der Waals surface area contributed by atoms with Crippen molar-refractivity contribution < 1.29 is 14.3 Å². The summed E-state index contributed by atoms with van der Waals surface area (Å²) in [5, 5.41) is 2.69. The van der Waals surface area contributed by atoms with E-state index in [9.17, 15) is 9.59 Å². The van der Waals surface area contributed by atoms with Gasteiger partial charge in [0.2, 0.25) is 0 Å². The van der Waals surface area contributed by atoms with E-state index in [2.05, 4.69) is 26.2 Å². The Labute approximate surface area is 140 Å². The van der Waals surface area contributed by atoms with Crippen LogP contribution in [0.2, 0.25) is 5.15 Å². The molecule has 0 aliphatic rings. The largest absolute Gasteiger partial charge is 0.449 e. The number of anilines is 1. The molecule has 1 aromatic carbocycles. The molecule has 1 heterocycles. The van der Waals surface area contributed by atoms with Gasteiger partial charge in [0.05, 0.1) is 5.56 Å². The van der Waals surface area contributed by atoms with E-state index in [4.69, 9.17) is 16.3 Å². The molecule has 0 aliphatic carbocycles. The lowest BCUT2D eigenvalue weighted by atomic mass is 10.2. The second-order valence-electron chi connectivity index (χ2n) is 4.39. The van der Waals surface area contributed by atoms with Crippen LogP contribution < -0.4 is 5.32 Å². The Kier molecular flexibility index (Phi) is 5.51. The Morgan fingerprint density at radius 2 is 1.95 bits per heavy atom. The van der Waals surface area contributed by atoms with Crippen LogP contribution in [0.25, 0.3) is 0 Å². The van der Waals surface area contributed by atoms with Gasteiger partial charge in [0.15, 0.2) is 6.10 Å². The van der Waals surface area contributed by atoms with Gasteiger partial charge in [-0.05, 0) is 43.3 Å². The zero-order valence-electron chi connectivity index (χ0n) is 11.5. The summed E-state index contributed by atoms with van der Waals surface area (Å²) in [4.78, 5) is 27.7. The molecule has 1 N–H and O–H groups in total. The fourth-order valence-electron chi connectivity index (χ4n) is 1.59. The highest BCUT2D eigenvalue weighted by Crippen LogP contribution is 2.16. The van der Waals surface area contributed by atoms with E-state index in [-0.39, 0.29) is 10.7 Å². The van der Waals surface area contributed by atoms with Crippen molar-refractivity contribution in [3.8, 4) is 0 Å². The second-order valence-corrected chi connectivity index (χ2v) is 5.66. The normalized spacial score (nSPS) is 11.6. The number of esters is 1. The summed E-state index contributed by atoms with van der Waals surface area (Å²) in [5.41, 5.74) is 0.725. The molecular formula is C15H12BrClN2O3. The minimum Gasteiger partial charge on any atom is -0.449 e. The van der Waals surface area contributed by atoms with Crippen LogP contribution in [0.4, 0.5) is 5.69 Å². The zero-order chi connectivity index (χ0) is 16.1. The Hall–Kier alpha value is -1.92. The number of rotatable bonds is 4. The molecule has 1 unspecified atom stereocenters. The molecular weight excluding hydrogens is 372 g/mol. The maximum Gasteiger partial charge on any atom is 0.342 e. The van der Waals surface area contributed by atoms with Crippen molar-refractivity contribution >= 4 is 45.1 Å². The zero-order valence-corrected chi connectivity index (χ0v) is 13.9. The van der Waals surface area contributed by atoms with Gasteiger partial charge in [0, 0.05) is 16.4 Å². The maximum absolute atomic E-state index is 12.0. The third-order valence-electron chi connectivity index (χ3n) is 2.74. The number of amides is 1. The van der Waals surface area contributed by atoms with Crippen LogP contribution in [-0.2, 0) is 9.53 Å². The van der Waals surface area contributed by atoms with Gasteiger partial charge < -0.3 is 10.1 Å². The first-order chi connectivity index (χ1) is 10.5. The van der Waals surface area contributed by atoms with Crippen molar-refractivity contribution in [1.82, 2.24) is 4.98 Å². The summed E-state index contributed by atoms with van der Waals surface area (Å²) < 4.78 is 5.99. The summed E-state index contributed by atoms with van der Waals surface area (Å²) in [6.45, 7) is 1.48. The number of hydrogen-bond donors (Lipinski definition) is 1. The van der Waals surface area contributed by atoms with Crippen LogP contribution in [-0.4, -0.2) is 23.0 Å². The number of nitrogens with one attached hydrogen (secondary N) is 1. The molecule has 0 radical (unpaired) electrons. The monoisotopic (exact) mass is 382 g/mol. The molecule has 0 aliphatic heterocycles. The summed E-state index contributed by atoms with van der Waals surface area (Å²) in [5.74, 6) is -1.13. The molecule has 1 amide bonds. The van der Waals surface area contributed by atoms with E-state index in [1.54, 1.807) is 30.3 Å². The highest BCUT2D eigenvalue weighted by molar-refractivity contribution is 9.10. The Morgan fingerprint density at radius 3 is 2.59 bits per heavy atom. The minimum atomic E-state index is -0.965. The number of benzene rings is 1. The van der Waals surface area contributed by atoms with Crippen LogP contribution in [0.3, 0.4) is 0 Å². The Balaban J connectivity index is 1.98. The van der Waals surface area contributed by atoms with Crippen LogP contribution >= 0.6 is 27.5 Å². The molecule has 114 valence electrons. The smallest absolute Gasteiger partial charge is 0.342 e. The van der Waals surface area contributed by atoms with Gasteiger partial charge >= 0.3 is 5.97 Å². The molecule has 5 nitrogen and oxygen atoms in total. The van der Waals surface area contributed by atoms with Crippen molar-refractivity contribution in [2.24, 2.45) is 0 Å². The Bertz CT molecular complexity index is 691. The van der Waals surface area contributed by atoms with Gasteiger partial charge in [-0.25, -0.2) is 9.78 Å². The van der Waals surface area contributed by atoms with Gasteiger partial charge in [-0.1, -0.05) is 27.5 Å². The van der Waals surface area contributed by atoms with E-state index in [0.717, 1.165) is 4.47 Å². The second kappa shape index (κ2) is 7.38. The molecule has 0 saturated heterocycles. The van der Waals surface area contributed by atoms with E-state index in [1.165, 1.54) is 19.2 Å². The predicted molar refractivity (Wildman–Crippen MR) is 86.9 cm³/mol. The molecule has 7 heteroatoms. The number of hydrogen-bond acceptors (Lipinski definition) is 4. The molecule has 1 atom stereocenters. The lowest BCUT2D eigenvalue weighted by Gasteiger charge is -2.13. The van der Waals surface area contributed by atoms with Crippen molar-refractivity contribution in [1.29, 1.82) is 0 Å². The van der Waals surface area contributed by atoms with Crippen LogP contribution in [0.5, 0.6) is 0 Å². The SMILES string of the molecule is CC(OC(=O)c1cccnc1Cl)C(=O)Nc1ccc(Br)cc1. The highest BCUT2D eigenvalue weighted by Gasteiger charge is 2.20. The highest BCUT2D eigenvalue weighted by atomic mass is 79.9. The average Bonchev–Trinajstić information content (AvgIpc) is 2.49. The van der Waals surface area contributed by atoms with Crippen LogP contribution in [0, 0.1) is 0 Å². The van der Waals surface area contributed by atoms with E-state index < -0.39 is 18.0 Å². The number of halogens is 2. The van der Waals surface area contributed by atoms with Crippen LogP contribution in [0.15, 0.2) is 47.1 Å². The Morgan fingerprint density at radius 1 is 1.27 bits per heavy atom. The fraction of sp³-hybridized carbons (Fsp3) is 0.133. The van der Waals surface area contributed by atoms with Gasteiger partial charge in [-0.15, -0.1) is 0 Å². The first kappa shape index (κ1) is 16.5. The van der Waals surface area contributed by atoms with Crippen molar-refractivity contribution in [3.63, 3.8) is 0 Å². The average molecular weight is 384 g/mol. The molecule has 0 bridgehead atoms. The van der Waals surface area contributed by atoms with Gasteiger partial charge in [-0.2, -0.15) is 0 Å². The molecule has 2 rings (SSSR count). The van der Waals surface area contributed by atoms with Crippen molar-refractivity contribution in [3.05, 3.63) is 57.8 Å². The third-order valence-corrected chi connectivity index (χ3v) is 3.57. The standard InChI is InChI=1S/C15H12BrClN2O3/c1-9(14(20)19-11-6-4-10(16)5-7-11)22-15(21)12-3-2-8-18-13(12)17/h2-9H,1H3,(H,19,20). The molecule has 0 saturated carbocycles. The predicted octanol–water partition coefficient (Wildman–Crippen LogP) is 3.68. The number of pyridine rings is 1. The first-order valence-electron chi connectivity index (χ1n) is 6.35. The lowest BCUT2D eigenvalue weighted by Crippen LogP contribution is -2.30. The minimum absolute atomic E-state index is 0.0352. The summed E-state index contributed by atoms with van der Waals surface area (Å²) in [7, 11) is 0. The number of carbonyl (C=O) groups excluding carboxylic acids is 2. The maximum atomic E-state index is 12.0. The summed E-state index contributed by atoms with van der Waals surface area (Å²) >= 11 is 9.12. The van der Waals surface area contributed by atoms with E-state index >= 15 is 0 Å². The molecule has 0 fully saturated rings. The fourth-order valence-corrected chi connectivity index (χ4v) is 2.05. The molecule has 0 spiro atoms.